The van der Waals surface area contributed by atoms with Crippen LogP contribution in [0.15, 0.2) is 0 Å². The van der Waals surface area contributed by atoms with Crippen molar-refractivity contribution in [2.24, 2.45) is 5.92 Å². The standard InChI is InChI=1S/C7H16O3P2/c1-4-5(2)9-6(3-8-11)7(4)10-12/h4-7H,3,11-12H2,1-2H3/t4?,5?,6-,7-/m0/s1. The lowest BCUT2D eigenvalue weighted by Gasteiger charge is -2.17. The van der Waals surface area contributed by atoms with E-state index in [9.17, 15) is 0 Å². The Morgan fingerprint density at radius 3 is 2.50 bits per heavy atom. The SMILES string of the molecule is CC1O[C@@H](COP)[C@@H](OP)C1C. The minimum atomic E-state index is 0.0602. The van der Waals surface area contributed by atoms with Crippen molar-refractivity contribution in [2.45, 2.75) is 32.2 Å². The molecule has 0 radical (unpaired) electrons. The van der Waals surface area contributed by atoms with E-state index in [2.05, 4.69) is 32.8 Å². The average molecular weight is 210 g/mol. The summed E-state index contributed by atoms with van der Waals surface area (Å²) in [6.45, 7) is 4.75. The van der Waals surface area contributed by atoms with Gasteiger partial charge in [-0.2, -0.15) is 0 Å². The van der Waals surface area contributed by atoms with Gasteiger partial charge in [-0.05, 0) is 6.92 Å². The van der Waals surface area contributed by atoms with E-state index in [1.807, 2.05) is 0 Å². The summed E-state index contributed by atoms with van der Waals surface area (Å²) < 4.78 is 15.9. The van der Waals surface area contributed by atoms with Gasteiger partial charge in [-0.3, -0.25) is 0 Å². The van der Waals surface area contributed by atoms with Crippen LogP contribution in [0.5, 0.6) is 0 Å². The summed E-state index contributed by atoms with van der Waals surface area (Å²) >= 11 is 0. The van der Waals surface area contributed by atoms with Crippen LogP contribution in [0.4, 0.5) is 0 Å². The fourth-order valence-corrected chi connectivity index (χ4v) is 2.14. The molecule has 0 saturated carbocycles. The molecule has 0 aromatic carbocycles. The Morgan fingerprint density at radius 1 is 1.33 bits per heavy atom. The Balaban J connectivity index is 2.52. The zero-order chi connectivity index (χ0) is 9.14. The van der Waals surface area contributed by atoms with Crippen molar-refractivity contribution in [3.63, 3.8) is 0 Å². The minimum Gasteiger partial charge on any atom is -0.370 e. The smallest absolute Gasteiger partial charge is 0.108 e. The molecule has 0 spiro atoms. The van der Waals surface area contributed by atoms with E-state index in [0.29, 0.717) is 12.5 Å². The lowest BCUT2D eigenvalue weighted by atomic mass is 10.00. The number of ether oxygens (including phenoxy) is 1. The van der Waals surface area contributed by atoms with E-state index in [4.69, 9.17) is 13.8 Å². The summed E-state index contributed by atoms with van der Waals surface area (Å²) in [5.41, 5.74) is 0. The van der Waals surface area contributed by atoms with E-state index >= 15 is 0 Å². The molecule has 5 heteroatoms. The summed E-state index contributed by atoms with van der Waals surface area (Å²) in [5, 5.41) is 0. The Morgan fingerprint density at radius 2 is 2.00 bits per heavy atom. The molecule has 0 aromatic heterocycles. The van der Waals surface area contributed by atoms with Crippen LogP contribution in [0, 0.1) is 5.92 Å². The molecule has 4 unspecified atom stereocenters. The summed E-state index contributed by atoms with van der Waals surface area (Å²) in [5.74, 6) is 0.424. The molecular formula is C7H16O3P2. The van der Waals surface area contributed by atoms with Crippen LogP contribution in [0.25, 0.3) is 0 Å². The van der Waals surface area contributed by atoms with Crippen LogP contribution in [0.2, 0.25) is 0 Å². The minimum absolute atomic E-state index is 0.0602. The maximum absolute atomic E-state index is 5.64. The first-order valence-electron chi connectivity index (χ1n) is 4.03. The second-order valence-electron chi connectivity index (χ2n) is 3.17. The van der Waals surface area contributed by atoms with Gasteiger partial charge in [0.15, 0.2) is 0 Å². The van der Waals surface area contributed by atoms with Crippen LogP contribution in [-0.4, -0.2) is 24.9 Å². The zero-order valence-corrected chi connectivity index (χ0v) is 9.71. The number of hydrogen-bond acceptors (Lipinski definition) is 3. The maximum Gasteiger partial charge on any atom is 0.108 e. The first kappa shape index (κ1) is 10.8. The Hall–Kier alpha value is 0.740. The predicted molar refractivity (Wildman–Crippen MR) is 53.7 cm³/mol. The third-order valence-corrected chi connectivity index (χ3v) is 2.94. The van der Waals surface area contributed by atoms with Crippen molar-refractivity contribution in [1.29, 1.82) is 0 Å². The molecule has 1 heterocycles. The van der Waals surface area contributed by atoms with E-state index in [1.54, 1.807) is 0 Å². The fraction of sp³-hybridized carbons (Fsp3) is 1.00. The van der Waals surface area contributed by atoms with E-state index in [0.717, 1.165) is 0 Å². The first-order valence-corrected chi connectivity index (χ1v) is 4.97. The highest BCUT2D eigenvalue weighted by atomic mass is 31.0. The monoisotopic (exact) mass is 210 g/mol. The molecule has 0 N–H and O–H groups in total. The first-order chi connectivity index (χ1) is 5.70. The molecule has 0 amide bonds. The van der Waals surface area contributed by atoms with E-state index < -0.39 is 0 Å². The highest BCUT2D eigenvalue weighted by molar-refractivity contribution is 7.10. The van der Waals surface area contributed by atoms with Gasteiger partial charge in [-0.25, -0.2) is 0 Å². The summed E-state index contributed by atoms with van der Waals surface area (Å²) in [6.07, 6.45) is 0.441. The largest absolute Gasteiger partial charge is 0.370 e. The third kappa shape index (κ3) is 2.16. The second kappa shape index (κ2) is 4.83. The van der Waals surface area contributed by atoms with Gasteiger partial charge in [0.25, 0.3) is 0 Å². The molecule has 6 atom stereocenters. The molecule has 0 bridgehead atoms. The number of hydrogen-bond donors (Lipinski definition) is 0. The topological polar surface area (TPSA) is 27.7 Å². The van der Waals surface area contributed by atoms with Crippen molar-refractivity contribution in [2.75, 3.05) is 6.61 Å². The molecule has 1 aliphatic heterocycles. The molecule has 72 valence electrons. The average Bonchev–Trinajstić information content (AvgIpc) is 2.29. The van der Waals surface area contributed by atoms with Crippen LogP contribution in [0.1, 0.15) is 13.8 Å². The van der Waals surface area contributed by atoms with Crippen LogP contribution in [0.3, 0.4) is 0 Å². The van der Waals surface area contributed by atoms with Crippen molar-refractivity contribution >= 4 is 18.9 Å². The predicted octanol–water partition coefficient (Wildman–Crippen LogP) is 1.39. The quantitative estimate of drug-likeness (QED) is 0.659. The molecular weight excluding hydrogens is 194 g/mol. The summed E-state index contributed by atoms with van der Waals surface area (Å²) in [6, 6.07) is 0. The highest BCUT2D eigenvalue weighted by Crippen LogP contribution is 2.30. The van der Waals surface area contributed by atoms with E-state index in [-0.39, 0.29) is 18.3 Å². The van der Waals surface area contributed by atoms with E-state index in [1.165, 1.54) is 0 Å². The molecule has 1 saturated heterocycles. The Kier molecular flexibility index (Phi) is 4.36. The van der Waals surface area contributed by atoms with Crippen LogP contribution >= 0.6 is 18.9 Å². The van der Waals surface area contributed by atoms with Gasteiger partial charge in [0.05, 0.1) is 18.8 Å². The lowest BCUT2D eigenvalue weighted by molar-refractivity contribution is 0.00285. The molecule has 1 aliphatic rings. The molecule has 0 aromatic rings. The molecule has 3 nitrogen and oxygen atoms in total. The summed E-state index contributed by atoms with van der Waals surface area (Å²) in [4.78, 5) is 0. The van der Waals surface area contributed by atoms with Crippen molar-refractivity contribution < 1.29 is 13.8 Å². The molecule has 1 rings (SSSR count). The van der Waals surface area contributed by atoms with Gasteiger partial charge in [-0.1, -0.05) is 6.92 Å². The van der Waals surface area contributed by atoms with Crippen molar-refractivity contribution in [3.8, 4) is 0 Å². The van der Waals surface area contributed by atoms with Gasteiger partial charge < -0.3 is 13.8 Å². The van der Waals surface area contributed by atoms with Crippen molar-refractivity contribution in [3.05, 3.63) is 0 Å². The molecule has 1 fully saturated rings. The van der Waals surface area contributed by atoms with Crippen LogP contribution in [-0.2, 0) is 13.8 Å². The number of rotatable bonds is 3. The normalized spacial score (nSPS) is 42.0. The van der Waals surface area contributed by atoms with Crippen molar-refractivity contribution in [1.82, 2.24) is 0 Å². The third-order valence-electron chi connectivity index (χ3n) is 2.43. The maximum atomic E-state index is 5.64. The highest BCUT2D eigenvalue weighted by Gasteiger charge is 2.39. The zero-order valence-electron chi connectivity index (χ0n) is 7.40. The van der Waals surface area contributed by atoms with Gasteiger partial charge in [-0.15, -0.1) is 0 Å². The second-order valence-corrected chi connectivity index (χ2v) is 3.78. The fourth-order valence-electron chi connectivity index (χ4n) is 1.52. The Bertz CT molecular complexity index is 145. The lowest BCUT2D eigenvalue weighted by Crippen LogP contribution is -2.29. The van der Waals surface area contributed by atoms with Crippen LogP contribution < -0.4 is 0 Å². The Labute approximate surface area is 78.1 Å². The van der Waals surface area contributed by atoms with Gasteiger partial charge in [0.1, 0.15) is 6.10 Å². The van der Waals surface area contributed by atoms with Gasteiger partial charge in [0, 0.05) is 24.9 Å². The summed E-state index contributed by atoms with van der Waals surface area (Å²) in [7, 11) is 4.52. The molecule has 12 heavy (non-hydrogen) atoms. The molecule has 0 aliphatic carbocycles. The van der Waals surface area contributed by atoms with Gasteiger partial charge >= 0.3 is 0 Å². The van der Waals surface area contributed by atoms with Gasteiger partial charge in [0.2, 0.25) is 0 Å².